The molecule has 1 aliphatic carbocycles. The molecule has 0 bridgehead atoms. The van der Waals surface area contributed by atoms with Gasteiger partial charge in [-0.05, 0) is 31.1 Å². The molecule has 1 heterocycles. The standard InChI is InChI=1S/C12H17ClN2O2/c1-3-8-9(13)14-11(17)15(10(8)16)7-12(4-2)5-6-12/h3-7H2,1-2H3,(H,14,17). The van der Waals surface area contributed by atoms with Crippen molar-refractivity contribution in [2.24, 2.45) is 5.41 Å². The number of aromatic nitrogens is 2. The molecule has 1 aliphatic rings. The SMILES string of the molecule is CCc1c(Cl)[nH]c(=O)n(CC2(CC)CC2)c1=O. The van der Waals surface area contributed by atoms with E-state index < -0.39 is 5.69 Å². The quantitative estimate of drug-likeness (QED) is 0.837. The molecule has 0 aliphatic heterocycles. The molecule has 1 aromatic heterocycles. The van der Waals surface area contributed by atoms with Crippen LogP contribution in [0.1, 0.15) is 38.7 Å². The van der Waals surface area contributed by atoms with Gasteiger partial charge in [0.25, 0.3) is 5.56 Å². The van der Waals surface area contributed by atoms with Gasteiger partial charge in [-0.1, -0.05) is 25.4 Å². The van der Waals surface area contributed by atoms with Crippen LogP contribution in [0.3, 0.4) is 0 Å². The minimum absolute atomic E-state index is 0.162. The van der Waals surface area contributed by atoms with E-state index in [0.717, 1.165) is 19.3 Å². The lowest BCUT2D eigenvalue weighted by Gasteiger charge is -2.14. The van der Waals surface area contributed by atoms with Crippen LogP contribution in [0.15, 0.2) is 9.59 Å². The Kier molecular flexibility index (Phi) is 3.17. The Labute approximate surface area is 105 Å². The van der Waals surface area contributed by atoms with E-state index in [0.29, 0.717) is 18.5 Å². The molecule has 5 heteroatoms. The topological polar surface area (TPSA) is 54.9 Å². The second kappa shape index (κ2) is 4.33. The zero-order chi connectivity index (χ0) is 12.6. The van der Waals surface area contributed by atoms with Crippen molar-refractivity contribution in [3.8, 4) is 0 Å². The van der Waals surface area contributed by atoms with Crippen LogP contribution < -0.4 is 11.2 Å². The molecule has 4 nitrogen and oxygen atoms in total. The van der Waals surface area contributed by atoms with E-state index in [9.17, 15) is 9.59 Å². The zero-order valence-corrected chi connectivity index (χ0v) is 10.9. The van der Waals surface area contributed by atoms with Gasteiger partial charge >= 0.3 is 5.69 Å². The summed E-state index contributed by atoms with van der Waals surface area (Å²) in [5.74, 6) is 0. The Morgan fingerprint density at radius 1 is 1.35 bits per heavy atom. The fourth-order valence-corrected chi connectivity index (χ4v) is 2.47. The highest BCUT2D eigenvalue weighted by molar-refractivity contribution is 6.30. The van der Waals surface area contributed by atoms with Gasteiger partial charge < -0.3 is 0 Å². The van der Waals surface area contributed by atoms with Gasteiger partial charge in [0.2, 0.25) is 0 Å². The molecule has 94 valence electrons. The summed E-state index contributed by atoms with van der Waals surface area (Å²) in [6.45, 7) is 4.47. The van der Waals surface area contributed by atoms with Crippen LogP contribution in [-0.2, 0) is 13.0 Å². The molecule has 1 aromatic rings. The summed E-state index contributed by atoms with van der Waals surface area (Å²) < 4.78 is 1.31. The van der Waals surface area contributed by atoms with Gasteiger partial charge in [-0.15, -0.1) is 0 Å². The molecule has 1 fully saturated rings. The van der Waals surface area contributed by atoms with Crippen LogP contribution in [0.2, 0.25) is 5.15 Å². The van der Waals surface area contributed by atoms with Gasteiger partial charge in [0.1, 0.15) is 5.15 Å². The van der Waals surface area contributed by atoms with Crippen molar-refractivity contribution >= 4 is 11.6 Å². The lowest BCUT2D eigenvalue weighted by atomic mass is 10.0. The van der Waals surface area contributed by atoms with E-state index in [1.54, 1.807) is 0 Å². The predicted molar refractivity (Wildman–Crippen MR) is 67.7 cm³/mol. The number of hydrogen-bond acceptors (Lipinski definition) is 2. The largest absolute Gasteiger partial charge is 0.329 e. The van der Waals surface area contributed by atoms with Gasteiger partial charge in [0.05, 0.1) is 5.56 Å². The maximum Gasteiger partial charge on any atom is 0.329 e. The van der Waals surface area contributed by atoms with Gasteiger partial charge in [0, 0.05) is 6.54 Å². The first kappa shape index (κ1) is 12.4. The highest BCUT2D eigenvalue weighted by Crippen LogP contribution is 2.49. The average molecular weight is 257 g/mol. The Hall–Kier alpha value is -1.03. The highest BCUT2D eigenvalue weighted by atomic mass is 35.5. The molecule has 1 saturated carbocycles. The number of aromatic amines is 1. The van der Waals surface area contributed by atoms with Crippen LogP contribution >= 0.6 is 11.6 Å². The fraction of sp³-hybridized carbons (Fsp3) is 0.667. The van der Waals surface area contributed by atoms with Crippen LogP contribution in [0, 0.1) is 5.41 Å². The van der Waals surface area contributed by atoms with Crippen molar-refractivity contribution in [2.75, 3.05) is 0 Å². The molecule has 17 heavy (non-hydrogen) atoms. The predicted octanol–water partition coefficient (Wildman–Crippen LogP) is 1.94. The molecular weight excluding hydrogens is 240 g/mol. The molecule has 2 rings (SSSR count). The van der Waals surface area contributed by atoms with Crippen LogP contribution in [0.4, 0.5) is 0 Å². The molecule has 0 spiro atoms. The van der Waals surface area contributed by atoms with Crippen molar-refractivity contribution < 1.29 is 0 Å². The number of nitrogens with one attached hydrogen (secondary N) is 1. The maximum absolute atomic E-state index is 12.1. The van der Waals surface area contributed by atoms with E-state index in [1.165, 1.54) is 4.57 Å². The van der Waals surface area contributed by atoms with E-state index in [1.807, 2.05) is 6.92 Å². The smallest absolute Gasteiger partial charge is 0.297 e. The Bertz CT molecular complexity index is 540. The monoisotopic (exact) mass is 256 g/mol. The molecular formula is C12H17ClN2O2. The Morgan fingerprint density at radius 2 is 2.00 bits per heavy atom. The van der Waals surface area contributed by atoms with E-state index >= 15 is 0 Å². The van der Waals surface area contributed by atoms with Gasteiger partial charge in [-0.3, -0.25) is 14.3 Å². The van der Waals surface area contributed by atoms with Gasteiger partial charge in [-0.25, -0.2) is 4.79 Å². The summed E-state index contributed by atoms with van der Waals surface area (Å²) in [5, 5.41) is 0.181. The molecule has 0 atom stereocenters. The molecule has 0 saturated heterocycles. The first-order valence-electron chi connectivity index (χ1n) is 6.04. The van der Waals surface area contributed by atoms with Gasteiger partial charge in [0.15, 0.2) is 0 Å². The van der Waals surface area contributed by atoms with Crippen molar-refractivity contribution in [3.05, 3.63) is 31.6 Å². The number of hydrogen-bond donors (Lipinski definition) is 1. The van der Waals surface area contributed by atoms with Gasteiger partial charge in [-0.2, -0.15) is 0 Å². The van der Waals surface area contributed by atoms with E-state index in [2.05, 4.69) is 11.9 Å². The molecule has 0 radical (unpaired) electrons. The molecule has 0 unspecified atom stereocenters. The number of halogens is 1. The second-order valence-electron chi connectivity index (χ2n) is 4.82. The number of nitrogens with zero attached hydrogens (tertiary/aromatic N) is 1. The fourth-order valence-electron chi connectivity index (χ4n) is 2.17. The lowest BCUT2D eigenvalue weighted by molar-refractivity contribution is 0.390. The van der Waals surface area contributed by atoms with Crippen molar-refractivity contribution in [1.29, 1.82) is 0 Å². The minimum Gasteiger partial charge on any atom is -0.297 e. The van der Waals surface area contributed by atoms with Crippen LogP contribution in [0.5, 0.6) is 0 Å². The third-order valence-corrected chi connectivity index (χ3v) is 4.11. The average Bonchev–Trinajstić information content (AvgIpc) is 3.05. The summed E-state index contributed by atoms with van der Waals surface area (Å²) in [4.78, 5) is 26.4. The van der Waals surface area contributed by atoms with Crippen molar-refractivity contribution in [2.45, 2.75) is 46.1 Å². The Morgan fingerprint density at radius 3 is 2.47 bits per heavy atom. The number of rotatable bonds is 4. The summed E-state index contributed by atoms with van der Waals surface area (Å²) in [6.07, 6.45) is 3.73. The summed E-state index contributed by atoms with van der Waals surface area (Å²) >= 11 is 5.86. The van der Waals surface area contributed by atoms with Crippen LogP contribution in [-0.4, -0.2) is 9.55 Å². The first-order chi connectivity index (χ1) is 8.03. The lowest BCUT2D eigenvalue weighted by Crippen LogP contribution is -2.39. The number of H-pyrrole nitrogens is 1. The summed E-state index contributed by atoms with van der Waals surface area (Å²) in [5.41, 5.74) is 0.0337. The maximum atomic E-state index is 12.1. The highest BCUT2D eigenvalue weighted by Gasteiger charge is 2.41. The van der Waals surface area contributed by atoms with Crippen molar-refractivity contribution in [3.63, 3.8) is 0 Å². The third kappa shape index (κ3) is 2.18. The summed E-state index contributed by atoms with van der Waals surface area (Å²) in [7, 11) is 0. The normalized spacial score (nSPS) is 17.1. The van der Waals surface area contributed by atoms with Crippen molar-refractivity contribution in [1.82, 2.24) is 9.55 Å². The van der Waals surface area contributed by atoms with E-state index in [-0.39, 0.29) is 16.1 Å². The minimum atomic E-state index is -0.392. The summed E-state index contributed by atoms with van der Waals surface area (Å²) in [6, 6.07) is 0. The van der Waals surface area contributed by atoms with E-state index in [4.69, 9.17) is 11.6 Å². The first-order valence-corrected chi connectivity index (χ1v) is 6.42. The molecule has 0 amide bonds. The Balaban J connectivity index is 2.47. The molecule has 0 aromatic carbocycles. The van der Waals surface area contributed by atoms with Crippen LogP contribution in [0.25, 0.3) is 0 Å². The zero-order valence-electron chi connectivity index (χ0n) is 10.2. The second-order valence-corrected chi connectivity index (χ2v) is 5.20. The third-order valence-electron chi connectivity index (χ3n) is 3.78. The molecule has 1 N–H and O–H groups in total.